The summed E-state index contributed by atoms with van der Waals surface area (Å²) in [4.78, 5) is 33.9. The van der Waals surface area contributed by atoms with E-state index in [-0.39, 0.29) is 5.91 Å². The Morgan fingerprint density at radius 2 is 1.79 bits per heavy atom. The minimum Gasteiger partial charge on any atom is -0.353 e. The number of hydrogen-bond acceptors (Lipinski definition) is 6. The Bertz CT molecular complexity index is 1980. The minimum absolute atomic E-state index is 0.196. The number of nitrogens with zero attached hydrogens (tertiary/aromatic N) is 6. The number of benzene rings is 1. The molecule has 7 rings (SSSR count). The number of H-pyrrole nitrogens is 2. The van der Waals surface area contributed by atoms with Crippen LogP contribution in [0.1, 0.15) is 16.1 Å². The summed E-state index contributed by atoms with van der Waals surface area (Å²) >= 11 is 0. The summed E-state index contributed by atoms with van der Waals surface area (Å²) in [6.07, 6.45) is 10.6. The second kappa shape index (κ2) is 9.03. The van der Waals surface area contributed by atoms with Crippen LogP contribution in [0.25, 0.3) is 50.3 Å². The molecule has 0 unspecified atom stereocenters. The fourth-order valence-corrected chi connectivity index (χ4v) is 4.63. The number of pyridine rings is 3. The molecule has 0 saturated carbocycles. The topological polar surface area (TPSA) is 130 Å². The molecule has 39 heavy (non-hydrogen) atoms. The molecule has 6 aromatic heterocycles. The summed E-state index contributed by atoms with van der Waals surface area (Å²) in [6.45, 7) is 1.95. The summed E-state index contributed by atoms with van der Waals surface area (Å²) in [5.41, 5.74) is 6.94. The first-order valence-corrected chi connectivity index (χ1v) is 12.3. The second-order valence-corrected chi connectivity index (χ2v) is 9.18. The number of hydrogen-bond donors (Lipinski definition) is 3. The molecule has 0 spiro atoms. The molecule has 1 amide bonds. The monoisotopic (exact) mass is 511 g/mol. The van der Waals surface area contributed by atoms with Crippen molar-refractivity contribution in [2.75, 3.05) is 5.32 Å². The number of carbonyl (C=O) groups is 1. The van der Waals surface area contributed by atoms with Crippen LogP contribution in [0.15, 0.2) is 91.9 Å². The van der Waals surface area contributed by atoms with Crippen molar-refractivity contribution in [1.29, 1.82) is 0 Å². The van der Waals surface area contributed by atoms with E-state index in [0.717, 1.165) is 50.3 Å². The third kappa shape index (κ3) is 4.09. The number of imidazole rings is 1. The van der Waals surface area contributed by atoms with Crippen LogP contribution in [-0.4, -0.2) is 45.6 Å². The average Bonchev–Trinajstić information content (AvgIpc) is 3.71. The van der Waals surface area contributed by atoms with Gasteiger partial charge in [0.15, 0.2) is 5.65 Å². The van der Waals surface area contributed by atoms with Gasteiger partial charge in [-0.3, -0.25) is 19.4 Å². The van der Waals surface area contributed by atoms with Crippen molar-refractivity contribution in [3.8, 4) is 28.3 Å². The van der Waals surface area contributed by atoms with Crippen LogP contribution in [0.3, 0.4) is 0 Å². The zero-order valence-electron chi connectivity index (χ0n) is 20.8. The number of aryl methyl sites for hydroxylation is 1. The van der Waals surface area contributed by atoms with Gasteiger partial charge in [0.05, 0.1) is 28.8 Å². The zero-order valence-corrected chi connectivity index (χ0v) is 20.8. The van der Waals surface area contributed by atoms with Crippen LogP contribution < -0.4 is 5.32 Å². The minimum atomic E-state index is -0.196. The molecule has 0 saturated heterocycles. The quantitative estimate of drug-likeness (QED) is 0.287. The van der Waals surface area contributed by atoms with Crippen molar-refractivity contribution in [3.63, 3.8) is 0 Å². The highest BCUT2D eigenvalue weighted by molar-refractivity contribution is 6.04. The van der Waals surface area contributed by atoms with Crippen molar-refractivity contribution < 1.29 is 4.79 Å². The van der Waals surface area contributed by atoms with Gasteiger partial charge < -0.3 is 10.3 Å². The maximum Gasteiger partial charge on any atom is 0.255 e. The second-order valence-electron chi connectivity index (χ2n) is 9.18. The normalized spacial score (nSPS) is 11.3. The van der Waals surface area contributed by atoms with Crippen molar-refractivity contribution >= 4 is 33.5 Å². The van der Waals surface area contributed by atoms with Gasteiger partial charge in [0, 0.05) is 52.3 Å². The van der Waals surface area contributed by atoms with E-state index in [1.165, 1.54) is 0 Å². The summed E-state index contributed by atoms with van der Waals surface area (Å²) in [5, 5.41) is 12.3. The van der Waals surface area contributed by atoms with E-state index in [0.29, 0.717) is 16.9 Å². The molecule has 10 nitrogen and oxygen atoms in total. The molecule has 6 heterocycles. The molecule has 0 atom stereocenters. The number of anilines is 1. The largest absolute Gasteiger partial charge is 0.353 e. The van der Waals surface area contributed by atoms with Gasteiger partial charge in [0.1, 0.15) is 17.8 Å². The van der Waals surface area contributed by atoms with Gasteiger partial charge in [-0.25, -0.2) is 15.0 Å². The number of carbonyl (C=O) groups excluding carboxylic acids is 1. The fraction of sp³-hybridized carbons (Fsp3) is 0.0345. The molecule has 3 N–H and O–H groups in total. The van der Waals surface area contributed by atoms with Crippen LogP contribution in [0.5, 0.6) is 0 Å². The molecular weight excluding hydrogens is 490 g/mol. The smallest absolute Gasteiger partial charge is 0.255 e. The van der Waals surface area contributed by atoms with Gasteiger partial charge in [-0.15, -0.1) is 0 Å². The van der Waals surface area contributed by atoms with Gasteiger partial charge in [-0.2, -0.15) is 5.10 Å². The van der Waals surface area contributed by atoms with Crippen molar-refractivity contribution in [1.82, 2.24) is 39.7 Å². The molecule has 1 aromatic carbocycles. The van der Waals surface area contributed by atoms with Crippen LogP contribution in [0.4, 0.5) is 5.69 Å². The van der Waals surface area contributed by atoms with E-state index in [1.54, 1.807) is 43.2 Å². The van der Waals surface area contributed by atoms with E-state index < -0.39 is 0 Å². The highest BCUT2D eigenvalue weighted by Gasteiger charge is 2.16. The van der Waals surface area contributed by atoms with Crippen LogP contribution >= 0.6 is 0 Å². The Morgan fingerprint density at radius 3 is 2.64 bits per heavy atom. The summed E-state index contributed by atoms with van der Waals surface area (Å²) in [5.74, 6) is 0.591. The SMILES string of the molecule is Cc1cn(-c2nccc3[nH]c(-c4n[nH]c5ncc(-c6cncc(NC(=O)c7ccccc7)c6)cc45)cc23)cn1. The lowest BCUT2D eigenvalue weighted by atomic mass is 10.1. The fourth-order valence-electron chi connectivity index (χ4n) is 4.63. The van der Waals surface area contributed by atoms with Crippen LogP contribution in [0, 0.1) is 6.92 Å². The molecule has 0 aliphatic heterocycles. The summed E-state index contributed by atoms with van der Waals surface area (Å²) < 4.78 is 1.91. The average molecular weight is 512 g/mol. The van der Waals surface area contributed by atoms with Gasteiger partial charge in [-0.1, -0.05) is 18.2 Å². The van der Waals surface area contributed by atoms with Gasteiger partial charge in [-0.05, 0) is 43.3 Å². The molecule has 188 valence electrons. The molecule has 0 aliphatic carbocycles. The molecule has 7 aromatic rings. The number of aromatic amines is 2. The zero-order chi connectivity index (χ0) is 26.3. The summed E-state index contributed by atoms with van der Waals surface area (Å²) in [7, 11) is 0. The first-order chi connectivity index (χ1) is 19.1. The molecule has 0 bridgehead atoms. The molecule has 0 fully saturated rings. The summed E-state index contributed by atoms with van der Waals surface area (Å²) in [6, 6.07) is 16.9. The third-order valence-corrected chi connectivity index (χ3v) is 6.52. The predicted octanol–water partition coefficient (Wildman–Crippen LogP) is 5.31. The lowest BCUT2D eigenvalue weighted by Gasteiger charge is -2.07. The predicted molar refractivity (Wildman–Crippen MR) is 148 cm³/mol. The number of nitrogens with one attached hydrogen (secondary N) is 3. The van der Waals surface area contributed by atoms with E-state index in [9.17, 15) is 4.79 Å². The van der Waals surface area contributed by atoms with Crippen molar-refractivity contribution in [3.05, 3.63) is 103 Å². The van der Waals surface area contributed by atoms with Crippen molar-refractivity contribution in [2.45, 2.75) is 6.92 Å². The number of rotatable bonds is 5. The first-order valence-electron chi connectivity index (χ1n) is 12.3. The molecular formula is C29H21N9O. The molecule has 0 radical (unpaired) electrons. The Kier molecular flexibility index (Phi) is 5.22. The third-order valence-electron chi connectivity index (χ3n) is 6.52. The number of amides is 1. The Balaban J connectivity index is 1.25. The van der Waals surface area contributed by atoms with Gasteiger partial charge in [0.2, 0.25) is 0 Å². The van der Waals surface area contributed by atoms with Gasteiger partial charge in [0.25, 0.3) is 5.91 Å². The Hall–Kier alpha value is -5.64. The van der Waals surface area contributed by atoms with Crippen LogP contribution in [-0.2, 0) is 0 Å². The molecule has 0 aliphatic rings. The highest BCUT2D eigenvalue weighted by atomic mass is 16.1. The van der Waals surface area contributed by atoms with E-state index >= 15 is 0 Å². The standard InChI is InChI=1S/C29H21N9O/c1-17-15-38(16-33-17)28-22-11-25(35-24(22)7-8-31-28)26-23-10-20(13-32-27(23)37-36-26)19-9-21(14-30-12-19)34-29(39)18-5-3-2-4-6-18/h2-16,35H,1H3,(H,34,39)(H,32,36,37). The lowest BCUT2D eigenvalue weighted by molar-refractivity contribution is 0.102. The Labute approximate surface area is 221 Å². The van der Waals surface area contributed by atoms with E-state index in [2.05, 4.69) is 40.4 Å². The van der Waals surface area contributed by atoms with Gasteiger partial charge >= 0.3 is 0 Å². The van der Waals surface area contributed by atoms with E-state index in [1.807, 2.05) is 60.2 Å². The lowest BCUT2D eigenvalue weighted by Crippen LogP contribution is -2.11. The van der Waals surface area contributed by atoms with E-state index in [4.69, 9.17) is 0 Å². The maximum absolute atomic E-state index is 12.6. The molecule has 10 heteroatoms. The number of aromatic nitrogens is 8. The Morgan fingerprint density at radius 1 is 0.923 bits per heavy atom. The van der Waals surface area contributed by atoms with Crippen LogP contribution in [0.2, 0.25) is 0 Å². The highest BCUT2D eigenvalue weighted by Crippen LogP contribution is 2.32. The number of fused-ring (bicyclic) bond motifs is 2. The maximum atomic E-state index is 12.6. The first kappa shape index (κ1) is 22.5. The van der Waals surface area contributed by atoms with Crippen molar-refractivity contribution in [2.24, 2.45) is 0 Å².